The van der Waals surface area contributed by atoms with Gasteiger partial charge >= 0.3 is 5.97 Å². The largest absolute Gasteiger partial charge is 0.478 e. The highest BCUT2D eigenvalue weighted by molar-refractivity contribution is 7.98. The van der Waals surface area contributed by atoms with Gasteiger partial charge in [0.25, 0.3) is 0 Å². The lowest BCUT2D eigenvalue weighted by Crippen LogP contribution is -1.98. The molecule has 0 amide bonds. The second kappa shape index (κ2) is 6.36. The molecule has 0 unspecified atom stereocenters. The first kappa shape index (κ1) is 13.6. The van der Waals surface area contributed by atoms with Gasteiger partial charge in [0.2, 0.25) is 0 Å². The minimum absolute atomic E-state index is 0.0448. The van der Waals surface area contributed by atoms with Crippen molar-refractivity contribution in [1.82, 2.24) is 4.98 Å². The number of thioether (sulfide) groups is 1. The molecule has 0 saturated heterocycles. The van der Waals surface area contributed by atoms with Crippen molar-refractivity contribution in [2.45, 2.75) is 17.3 Å². The number of hydrogen-bond acceptors (Lipinski definition) is 4. The van der Waals surface area contributed by atoms with E-state index in [1.807, 2.05) is 24.3 Å². The molecule has 2 rings (SSSR count). The second-order valence-corrected chi connectivity index (χ2v) is 4.98. The maximum atomic E-state index is 10.7. The molecule has 5 heteroatoms. The second-order valence-electron chi connectivity index (χ2n) is 3.93. The first-order valence-corrected chi connectivity index (χ1v) is 6.68. The Hall–Kier alpha value is -1.85. The summed E-state index contributed by atoms with van der Waals surface area (Å²) in [6, 6.07) is 10.9. The molecule has 0 spiro atoms. The lowest BCUT2D eigenvalue weighted by molar-refractivity contribution is 0.0696. The van der Waals surface area contributed by atoms with Gasteiger partial charge in [-0.1, -0.05) is 12.1 Å². The number of aliphatic hydroxyl groups is 1. The fourth-order valence-corrected chi connectivity index (χ4v) is 2.30. The van der Waals surface area contributed by atoms with Gasteiger partial charge in [-0.2, -0.15) is 0 Å². The summed E-state index contributed by atoms with van der Waals surface area (Å²) in [4.78, 5) is 15.9. The number of aromatic nitrogens is 1. The molecule has 19 heavy (non-hydrogen) atoms. The van der Waals surface area contributed by atoms with Gasteiger partial charge in [-0.05, 0) is 29.8 Å². The van der Waals surface area contributed by atoms with Gasteiger partial charge in [-0.3, -0.25) is 4.98 Å². The van der Waals surface area contributed by atoms with Crippen LogP contribution in [0.5, 0.6) is 0 Å². The van der Waals surface area contributed by atoms with Gasteiger partial charge in [-0.25, -0.2) is 4.79 Å². The molecule has 4 nitrogen and oxygen atoms in total. The summed E-state index contributed by atoms with van der Waals surface area (Å²) >= 11 is 1.62. The predicted molar refractivity (Wildman–Crippen MR) is 73.1 cm³/mol. The minimum Gasteiger partial charge on any atom is -0.478 e. The number of pyridine rings is 1. The van der Waals surface area contributed by atoms with Gasteiger partial charge in [-0.15, -0.1) is 11.8 Å². The quantitative estimate of drug-likeness (QED) is 0.821. The molecule has 0 fully saturated rings. The molecule has 0 saturated carbocycles. The molecule has 1 heterocycles. The molecule has 0 bridgehead atoms. The Labute approximate surface area is 115 Å². The van der Waals surface area contributed by atoms with Crippen molar-refractivity contribution in [2.75, 3.05) is 0 Å². The predicted octanol–water partition coefficient (Wildman–Crippen LogP) is 2.56. The highest BCUT2D eigenvalue weighted by Crippen LogP contribution is 2.22. The molecule has 0 atom stereocenters. The van der Waals surface area contributed by atoms with Crippen molar-refractivity contribution >= 4 is 17.7 Å². The number of carbonyl (C=O) groups is 1. The number of rotatable bonds is 5. The van der Waals surface area contributed by atoms with E-state index < -0.39 is 5.97 Å². The Kier molecular flexibility index (Phi) is 4.54. The maximum absolute atomic E-state index is 10.7. The molecule has 98 valence electrons. The van der Waals surface area contributed by atoms with Gasteiger partial charge < -0.3 is 10.2 Å². The van der Waals surface area contributed by atoms with Crippen molar-refractivity contribution in [2.24, 2.45) is 0 Å². The number of aromatic carboxylic acids is 1. The van der Waals surface area contributed by atoms with E-state index >= 15 is 0 Å². The van der Waals surface area contributed by atoms with Gasteiger partial charge in [0.05, 0.1) is 17.9 Å². The van der Waals surface area contributed by atoms with E-state index in [0.29, 0.717) is 5.75 Å². The van der Waals surface area contributed by atoms with Crippen LogP contribution in [0.25, 0.3) is 0 Å². The summed E-state index contributed by atoms with van der Waals surface area (Å²) in [6.45, 7) is 0.0448. The van der Waals surface area contributed by atoms with Crippen LogP contribution in [0.4, 0.5) is 0 Å². The lowest BCUT2D eigenvalue weighted by atomic mass is 10.2. The molecule has 2 aromatic rings. The summed E-state index contributed by atoms with van der Waals surface area (Å²) in [7, 11) is 0. The maximum Gasteiger partial charge on any atom is 0.337 e. The van der Waals surface area contributed by atoms with Crippen molar-refractivity contribution in [3.63, 3.8) is 0 Å². The highest BCUT2D eigenvalue weighted by atomic mass is 32.2. The van der Waals surface area contributed by atoms with E-state index in [1.165, 1.54) is 6.20 Å². The van der Waals surface area contributed by atoms with Crippen LogP contribution in [-0.2, 0) is 12.4 Å². The summed E-state index contributed by atoms with van der Waals surface area (Å²) in [5.41, 5.74) is 1.91. The SMILES string of the molecule is O=C(O)c1ccc(CSc2ccc(CO)cc2)nc1. The Morgan fingerprint density at radius 2 is 1.89 bits per heavy atom. The Morgan fingerprint density at radius 1 is 1.16 bits per heavy atom. The van der Waals surface area contributed by atoms with E-state index in [9.17, 15) is 4.79 Å². The molecule has 1 aromatic heterocycles. The first-order valence-electron chi connectivity index (χ1n) is 5.70. The Morgan fingerprint density at radius 3 is 2.42 bits per heavy atom. The molecule has 2 N–H and O–H groups in total. The van der Waals surface area contributed by atoms with E-state index in [1.54, 1.807) is 23.9 Å². The summed E-state index contributed by atoms with van der Waals surface area (Å²) < 4.78 is 0. The first-order chi connectivity index (χ1) is 9.19. The van der Waals surface area contributed by atoms with Crippen LogP contribution < -0.4 is 0 Å². The average molecular weight is 275 g/mol. The molecule has 0 aliphatic carbocycles. The molecule has 0 aliphatic rings. The number of carboxylic acid groups (broad SMARTS) is 1. The van der Waals surface area contributed by atoms with Crippen LogP contribution in [-0.4, -0.2) is 21.2 Å². The fraction of sp³-hybridized carbons (Fsp3) is 0.143. The van der Waals surface area contributed by atoms with E-state index in [0.717, 1.165) is 16.2 Å². The standard InChI is InChI=1S/C14H13NO3S/c16-8-10-1-5-13(6-2-10)19-9-12-4-3-11(7-15-12)14(17)18/h1-7,16H,8-9H2,(H,17,18). The van der Waals surface area contributed by atoms with E-state index in [4.69, 9.17) is 10.2 Å². The average Bonchev–Trinajstić information content (AvgIpc) is 2.46. The summed E-state index contributed by atoms with van der Waals surface area (Å²) in [5, 5.41) is 17.7. The van der Waals surface area contributed by atoms with Crippen molar-refractivity contribution in [3.8, 4) is 0 Å². The van der Waals surface area contributed by atoms with Gasteiger partial charge in [0, 0.05) is 16.8 Å². The van der Waals surface area contributed by atoms with E-state index in [-0.39, 0.29) is 12.2 Å². The number of carboxylic acids is 1. The molecular formula is C14H13NO3S. The monoisotopic (exact) mass is 275 g/mol. The van der Waals surface area contributed by atoms with Crippen LogP contribution in [0.15, 0.2) is 47.5 Å². The van der Waals surface area contributed by atoms with Crippen molar-refractivity contribution in [1.29, 1.82) is 0 Å². The van der Waals surface area contributed by atoms with Crippen LogP contribution in [0.2, 0.25) is 0 Å². The Bertz CT molecular complexity index is 552. The smallest absolute Gasteiger partial charge is 0.337 e. The summed E-state index contributed by atoms with van der Waals surface area (Å²) in [5.74, 6) is -0.287. The number of hydrogen-bond donors (Lipinski definition) is 2. The normalized spacial score (nSPS) is 10.4. The zero-order valence-corrected chi connectivity index (χ0v) is 10.9. The molecule has 0 radical (unpaired) electrons. The third-order valence-electron chi connectivity index (χ3n) is 2.56. The third kappa shape index (κ3) is 3.81. The van der Waals surface area contributed by atoms with Crippen LogP contribution in [0.3, 0.4) is 0 Å². The number of aliphatic hydroxyl groups excluding tert-OH is 1. The molecule has 0 aliphatic heterocycles. The minimum atomic E-state index is -0.966. The van der Waals surface area contributed by atoms with Gasteiger partial charge in [0.1, 0.15) is 0 Å². The third-order valence-corrected chi connectivity index (χ3v) is 3.61. The van der Waals surface area contributed by atoms with Crippen molar-refractivity contribution < 1.29 is 15.0 Å². The zero-order valence-electron chi connectivity index (χ0n) is 10.1. The number of nitrogens with zero attached hydrogens (tertiary/aromatic N) is 1. The number of benzene rings is 1. The molecule has 1 aromatic carbocycles. The van der Waals surface area contributed by atoms with Crippen molar-refractivity contribution in [3.05, 3.63) is 59.4 Å². The Balaban J connectivity index is 1.95. The van der Waals surface area contributed by atoms with Crippen LogP contribution in [0, 0.1) is 0 Å². The fourth-order valence-electron chi connectivity index (χ4n) is 1.48. The summed E-state index contributed by atoms with van der Waals surface area (Å²) in [6.07, 6.45) is 1.37. The van der Waals surface area contributed by atoms with E-state index in [2.05, 4.69) is 4.98 Å². The zero-order chi connectivity index (χ0) is 13.7. The van der Waals surface area contributed by atoms with Crippen LogP contribution >= 0.6 is 11.8 Å². The van der Waals surface area contributed by atoms with Crippen LogP contribution in [0.1, 0.15) is 21.6 Å². The highest BCUT2D eigenvalue weighted by Gasteiger charge is 2.03. The molecular weight excluding hydrogens is 262 g/mol. The topological polar surface area (TPSA) is 70.4 Å². The lowest BCUT2D eigenvalue weighted by Gasteiger charge is -2.03. The van der Waals surface area contributed by atoms with Gasteiger partial charge in [0.15, 0.2) is 0 Å².